The molecular formula is C16H14F3N3O2. The lowest BCUT2D eigenvalue weighted by Crippen LogP contribution is -2.27. The molecule has 2 aromatic rings. The third-order valence-corrected chi connectivity index (χ3v) is 3.00. The summed E-state index contributed by atoms with van der Waals surface area (Å²) < 4.78 is 42.9. The van der Waals surface area contributed by atoms with Crippen molar-refractivity contribution >= 4 is 12.2 Å². The smallest absolute Gasteiger partial charge is 0.416 e. The molecule has 2 N–H and O–H groups in total. The van der Waals surface area contributed by atoms with E-state index in [9.17, 15) is 18.0 Å². The summed E-state index contributed by atoms with van der Waals surface area (Å²) >= 11 is 0. The maximum atomic E-state index is 12.5. The molecule has 126 valence electrons. The van der Waals surface area contributed by atoms with Crippen LogP contribution in [0, 0.1) is 0 Å². The van der Waals surface area contributed by atoms with Gasteiger partial charge in [-0.1, -0.05) is 0 Å². The number of urea groups is 1. The number of benzene rings is 2. The molecule has 24 heavy (non-hydrogen) atoms. The van der Waals surface area contributed by atoms with Crippen molar-refractivity contribution in [3.63, 3.8) is 0 Å². The number of hydrogen-bond donors (Lipinski definition) is 1. The molecule has 0 unspecified atom stereocenters. The first kappa shape index (κ1) is 17.3. The molecule has 0 aliphatic heterocycles. The Hall–Kier alpha value is -3.03. The van der Waals surface area contributed by atoms with E-state index in [1.807, 2.05) is 0 Å². The van der Waals surface area contributed by atoms with E-state index in [0.29, 0.717) is 11.3 Å². The Kier molecular flexibility index (Phi) is 5.08. The highest BCUT2D eigenvalue weighted by atomic mass is 19.4. The Balaban J connectivity index is 2.02. The van der Waals surface area contributed by atoms with Crippen molar-refractivity contribution in [3.05, 3.63) is 59.7 Å². The third kappa shape index (κ3) is 4.73. The summed E-state index contributed by atoms with van der Waals surface area (Å²) in [6, 6.07) is 10.3. The van der Waals surface area contributed by atoms with E-state index in [-0.39, 0.29) is 5.75 Å². The van der Waals surface area contributed by atoms with Crippen molar-refractivity contribution in [1.82, 2.24) is 5.01 Å². The van der Waals surface area contributed by atoms with Gasteiger partial charge in [0.05, 0.1) is 11.8 Å². The fourth-order valence-electron chi connectivity index (χ4n) is 1.68. The normalized spacial score (nSPS) is 11.5. The second-order valence-corrected chi connectivity index (χ2v) is 4.80. The van der Waals surface area contributed by atoms with Gasteiger partial charge in [-0.05, 0) is 54.1 Å². The maximum absolute atomic E-state index is 12.5. The highest BCUT2D eigenvalue weighted by Crippen LogP contribution is 2.31. The lowest BCUT2D eigenvalue weighted by molar-refractivity contribution is -0.137. The highest BCUT2D eigenvalue weighted by molar-refractivity contribution is 5.81. The molecule has 2 amide bonds. The zero-order valence-corrected chi connectivity index (χ0v) is 12.6. The summed E-state index contributed by atoms with van der Waals surface area (Å²) in [5.41, 5.74) is 4.99. The van der Waals surface area contributed by atoms with Crippen molar-refractivity contribution in [1.29, 1.82) is 0 Å². The summed E-state index contributed by atoms with van der Waals surface area (Å²) in [5.74, 6) is 0.744. The lowest BCUT2D eigenvalue weighted by Gasteiger charge is -2.09. The van der Waals surface area contributed by atoms with E-state index in [1.165, 1.54) is 25.4 Å². The molecule has 0 bridgehead atoms. The van der Waals surface area contributed by atoms with Crippen LogP contribution in [-0.2, 0) is 6.18 Å². The van der Waals surface area contributed by atoms with Crippen LogP contribution in [0.25, 0.3) is 0 Å². The first-order chi connectivity index (χ1) is 11.3. The van der Waals surface area contributed by atoms with Gasteiger partial charge in [0, 0.05) is 7.05 Å². The van der Waals surface area contributed by atoms with Gasteiger partial charge in [-0.3, -0.25) is 0 Å². The Morgan fingerprint density at radius 1 is 1.08 bits per heavy atom. The molecule has 0 aromatic heterocycles. The quantitative estimate of drug-likeness (QED) is 0.680. The van der Waals surface area contributed by atoms with Crippen LogP contribution in [0.2, 0.25) is 0 Å². The lowest BCUT2D eigenvalue weighted by atomic mass is 10.2. The first-order valence-electron chi connectivity index (χ1n) is 6.78. The van der Waals surface area contributed by atoms with Crippen LogP contribution in [-0.4, -0.2) is 24.3 Å². The predicted molar refractivity (Wildman–Crippen MR) is 82.9 cm³/mol. The van der Waals surface area contributed by atoms with E-state index >= 15 is 0 Å². The number of carbonyl (C=O) groups excluding carboxylic acids is 1. The molecular weight excluding hydrogens is 323 g/mol. The summed E-state index contributed by atoms with van der Waals surface area (Å²) in [6.45, 7) is 0. The summed E-state index contributed by atoms with van der Waals surface area (Å²) in [5, 5.41) is 4.81. The summed E-state index contributed by atoms with van der Waals surface area (Å²) in [4.78, 5) is 10.8. The van der Waals surface area contributed by atoms with Crippen LogP contribution < -0.4 is 10.5 Å². The molecule has 0 atom stereocenters. The van der Waals surface area contributed by atoms with Crippen molar-refractivity contribution in [2.45, 2.75) is 6.18 Å². The molecule has 0 radical (unpaired) electrons. The van der Waals surface area contributed by atoms with Crippen LogP contribution in [0.1, 0.15) is 11.1 Å². The van der Waals surface area contributed by atoms with E-state index < -0.39 is 17.8 Å². The molecule has 0 saturated carbocycles. The number of ether oxygens (including phenoxy) is 1. The molecule has 8 heteroatoms. The average molecular weight is 337 g/mol. The van der Waals surface area contributed by atoms with E-state index in [4.69, 9.17) is 10.5 Å². The minimum atomic E-state index is -4.38. The molecule has 2 aromatic carbocycles. The Labute approximate surface area is 136 Å². The van der Waals surface area contributed by atoms with Crippen LogP contribution in [0.5, 0.6) is 11.5 Å². The van der Waals surface area contributed by atoms with Crippen molar-refractivity contribution in [3.8, 4) is 11.5 Å². The van der Waals surface area contributed by atoms with E-state index in [0.717, 1.165) is 17.1 Å². The third-order valence-electron chi connectivity index (χ3n) is 3.00. The molecule has 5 nitrogen and oxygen atoms in total. The van der Waals surface area contributed by atoms with Crippen LogP contribution in [0.3, 0.4) is 0 Å². The van der Waals surface area contributed by atoms with Gasteiger partial charge in [-0.15, -0.1) is 0 Å². The van der Waals surface area contributed by atoms with Gasteiger partial charge in [-0.2, -0.15) is 18.3 Å². The Bertz CT molecular complexity index is 726. The number of alkyl halides is 3. The standard InChI is InChI=1S/C16H14F3N3O2/c1-22(15(20)23)21-10-11-2-6-13(7-3-11)24-14-8-4-12(5-9-14)16(17,18)19/h2-10H,1H3,(H2,20,23). The van der Waals surface area contributed by atoms with Crippen molar-refractivity contribution < 1.29 is 22.7 Å². The summed E-state index contributed by atoms with van der Waals surface area (Å²) in [7, 11) is 1.42. The Morgan fingerprint density at radius 3 is 2.04 bits per heavy atom. The molecule has 0 heterocycles. The minimum absolute atomic E-state index is 0.290. The number of carbonyl (C=O) groups is 1. The highest BCUT2D eigenvalue weighted by Gasteiger charge is 2.30. The van der Waals surface area contributed by atoms with E-state index in [1.54, 1.807) is 24.3 Å². The number of halogens is 3. The van der Waals surface area contributed by atoms with Gasteiger partial charge in [0.25, 0.3) is 0 Å². The van der Waals surface area contributed by atoms with E-state index in [2.05, 4.69) is 5.10 Å². The fraction of sp³-hybridized carbons (Fsp3) is 0.125. The minimum Gasteiger partial charge on any atom is -0.457 e. The zero-order valence-electron chi connectivity index (χ0n) is 12.6. The van der Waals surface area contributed by atoms with Gasteiger partial charge >= 0.3 is 12.2 Å². The van der Waals surface area contributed by atoms with Crippen molar-refractivity contribution in [2.24, 2.45) is 10.8 Å². The second-order valence-electron chi connectivity index (χ2n) is 4.80. The van der Waals surface area contributed by atoms with Gasteiger partial charge in [-0.25, -0.2) is 9.80 Å². The van der Waals surface area contributed by atoms with Crippen LogP contribution in [0.15, 0.2) is 53.6 Å². The van der Waals surface area contributed by atoms with Gasteiger partial charge < -0.3 is 10.5 Å². The van der Waals surface area contributed by atoms with Gasteiger partial charge in [0.15, 0.2) is 0 Å². The monoisotopic (exact) mass is 337 g/mol. The predicted octanol–water partition coefficient (Wildman–Crippen LogP) is 3.84. The Morgan fingerprint density at radius 2 is 1.58 bits per heavy atom. The number of rotatable bonds is 4. The number of nitrogens with two attached hydrogens (primary N) is 1. The number of hydrazone groups is 1. The molecule has 0 aliphatic carbocycles. The number of primary amides is 1. The van der Waals surface area contributed by atoms with Gasteiger partial charge in [0.2, 0.25) is 0 Å². The molecule has 2 rings (SSSR count). The number of hydrogen-bond acceptors (Lipinski definition) is 3. The number of nitrogens with zero attached hydrogens (tertiary/aromatic N) is 2. The molecule has 0 spiro atoms. The fourth-order valence-corrected chi connectivity index (χ4v) is 1.68. The largest absolute Gasteiger partial charge is 0.457 e. The summed E-state index contributed by atoms with van der Waals surface area (Å²) in [6.07, 6.45) is -2.94. The maximum Gasteiger partial charge on any atom is 0.416 e. The molecule has 0 aliphatic rings. The molecule has 0 saturated heterocycles. The first-order valence-corrected chi connectivity index (χ1v) is 6.78. The van der Waals surface area contributed by atoms with Crippen LogP contribution >= 0.6 is 0 Å². The number of amides is 2. The average Bonchev–Trinajstić information content (AvgIpc) is 2.53. The van der Waals surface area contributed by atoms with Crippen molar-refractivity contribution in [2.75, 3.05) is 7.05 Å². The van der Waals surface area contributed by atoms with Gasteiger partial charge in [0.1, 0.15) is 11.5 Å². The van der Waals surface area contributed by atoms with Crippen LogP contribution in [0.4, 0.5) is 18.0 Å². The molecule has 0 fully saturated rings. The SMILES string of the molecule is CN(N=Cc1ccc(Oc2ccc(C(F)(F)F)cc2)cc1)C(N)=O. The zero-order chi connectivity index (χ0) is 17.7. The second kappa shape index (κ2) is 7.03. The topological polar surface area (TPSA) is 67.9 Å².